The van der Waals surface area contributed by atoms with Gasteiger partial charge in [0.25, 0.3) is 0 Å². The van der Waals surface area contributed by atoms with Gasteiger partial charge in [-0.2, -0.15) is 0 Å². The fourth-order valence-corrected chi connectivity index (χ4v) is 2.12. The SMILES string of the molecule is CC(=O)OCC1=CCC(C2(C)CO2)CC1. The average molecular weight is 210 g/mol. The predicted molar refractivity (Wildman–Crippen MR) is 56.4 cm³/mol. The van der Waals surface area contributed by atoms with Gasteiger partial charge < -0.3 is 9.47 Å². The number of rotatable bonds is 3. The Kier molecular flexibility index (Phi) is 2.83. The number of hydrogen-bond donors (Lipinski definition) is 0. The zero-order valence-corrected chi connectivity index (χ0v) is 9.41. The molecule has 0 radical (unpaired) electrons. The van der Waals surface area contributed by atoms with Crippen molar-refractivity contribution >= 4 is 5.97 Å². The molecule has 3 nitrogen and oxygen atoms in total. The summed E-state index contributed by atoms with van der Waals surface area (Å²) in [5.41, 5.74) is 1.40. The van der Waals surface area contributed by atoms with Gasteiger partial charge in [0.05, 0.1) is 12.2 Å². The second kappa shape index (κ2) is 3.97. The van der Waals surface area contributed by atoms with E-state index in [-0.39, 0.29) is 11.6 Å². The number of carbonyl (C=O) groups is 1. The summed E-state index contributed by atoms with van der Waals surface area (Å²) in [6, 6.07) is 0. The number of epoxide rings is 1. The zero-order chi connectivity index (χ0) is 10.9. The Bertz CT molecular complexity index is 289. The third-order valence-electron chi connectivity index (χ3n) is 3.43. The van der Waals surface area contributed by atoms with E-state index >= 15 is 0 Å². The maximum Gasteiger partial charge on any atom is 0.302 e. The second-order valence-electron chi connectivity index (χ2n) is 4.72. The van der Waals surface area contributed by atoms with E-state index in [0.717, 1.165) is 25.9 Å². The summed E-state index contributed by atoms with van der Waals surface area (Å²) in [5.74, 6) is 0.453. The van der Waals surface area contributed by atoms with Gasteiger partial charge in [0.15, 0.2) is 0 Å². The van der Waals surface area contributed by atoms with Crippen molar-refractivity contribution in [3.63, 3.8) is 0 Å². The highest BCUT2D eigenvalue weighted by Crippen LogP contribution is 2.42. The van der Waals surface area contributed by atoms with Crippen molar-refractivity contribution in [2.45, 2.75) is 38.7 Å². The molecule has 84 valence electrons. The van der Waals surface area contributed by atoms with Crippen LogP contribution in [-0.2, 0) is 14.3 Å². The topological polar surface area (TPSA) is 38.8 Å². The fourth-order valence-electron chi connectivity index (χ4n) is 2.12. The highest BCUT2D eigenvalue weighted by atomic mass is 16.6. The van der Waals surface area contributed by atoms with E-state index in [4.69, 9.17) is 9.47 Å². The van der Waals surface area contributed by atoms with Crippen LogP contribution in [0.2, 0.25) is 0 Å². The second-order valence-corrected chi connectivity index (χ2v) is 4.72. The van der Waals surface area contributed by atoms with Crippen molar-refractivity contribution < 1.29 is 14.3 Å². The molecular formula is C12H18O3. The third-order valence-corrected chi connectivity index (χ3v) is 3.43. The lowest BCUT2D eigenvalue weighted by Crippen LogP contribution is -2.23. The largest absolute Gasteiger partial charge is 0.461 e. The highest BCUT2D eigenvalue weighted by molar-refractivity contribution is 5.66. The van der Waals surface area contributed by atoms with Crippen LogP contribution in [0.5, 0.6) is 0 Å². The average Bonchev–Trinajstić information content (AvgIpc) is 2.96. The van der Waals surface area contributed by atoms with Gasteiger partial charge in [0.2, 0.25) is 0 Å². The van der Waals surface area contributed by atoms with Crippen molar-refractivity contribution in [3.05, 3.63) is 11.6 Å². The van der Waals surface area contributed by atoms with E-state index in [1.54, 1.807) is 0 Å². The molecule has 2 rings (SSSR count). The highest BCUT2D eigenvalue weighted by Gasteiger charge is 2.46. The molecular weight excluding hydrogens is 192 g/mol. The smallest absolute Gasteiger partial charge is 0.302 e. The monoisotopic (exact) mass is 210 g/mol. The molecule has 1 heterocycles. The van der Waals surface area contributed by atoms with Crippen LogP contribution in [0.25, 0.3) is 0 Å². The van der Waals surface area contributed by atoms with Gasteiger partial charge in [-0.15, -0.1) is 0 Å². The lowest BCUT2D eigenvalue weighted by molar-refractivity contribution is -0.140. The van der Waals surface area contributed by atoms with Crippen molar-refractivity contribution in [2.75, 3.05) is 13.2 Å². The minimum Gasteiger partial charge on any atom is -0.461 e. The van der Waals surface area contributed by atoms with Gasteiger partial charge in [0.1, 0.15) is 6.61 Å². The Balaban J connectivity index is 1.81. The number of carbonyl (C=O) groups excluding carboxylic acids is 1. The Morgan fingerprint density at radius 1 is 1.73 bits per heavy atom. The van der Waals surface area contributed by atoms with E-state index in [2.05, 4.69) is 13.0 Å². The van der Waals surface area contributed by atoms with E-state index in [9.17, 15) is 4.79 Å². The molecule has 2 atom stereocenters. The summed E-state index contributed by atoms with van der Waals surface area (Å²) in [6.07, 6.45) is 5.47. The Morgan fingerprint density at radius 2 is 2.47 bits per heavy atom. The van der Waals surface area contributed by atoms with Gasteiger partial charge in [-0.1, -0.05) is 6.08 Å². The molecule has 15 heavy (non-hydrogen) atoms. The summed E-state index contributed by atoms with van der Waals surface area (Å²) in [4.78, 5) is 10.7. The molecule has 0 N–H and O–H groups in total. The summed E-state index contributed by atoms with van der Waals surface area (Å²) in [7, 11) is 0. The summed E-state index contributed by atoms with van der Waals surface area (Å²) in [6.45, 7) is 5.01. The van der Waals surface area contributed by atoms with Gasteiger partial charge in [-0.25, -0.2) is 0 Å². The van der Waals surface area contributed by atoms with Crippen LogP contribution in [0.3, 0.4) is 0 Å². The minimum absolute atomic E-state index is 0.142. The molecule has 1 aliphatic carbocycles. The zero-order valence-electron chi connectivity index (χ0n) is 9.41. The standard InChI is InChI=1S/C12H18O3/c1-9(13)14-7-10-3-5-11(6-4-10)12(2)8-15-12/h3,11H,4-8H2,1-2H3. The first-order chi connectivity index (χ1) is 7.10. The first kappa shape index (κ1) is 10.7. The first-order valence-corrected chi connectivity index (χ1v) is 5.55. The molecule has 1 fully saturated rings. The fraction of sp³-hybridized carbons (Fsp3) is 0.750. The molecule has 2 unspecified atom stereocenters. The van der Waals surface area contributed by atoms with Crippen molar-refractivity contribution in [2.24, 2.45) is 5.92 Å². The lowest BCUT2D eigenvalue weighted by atomic mass is 9.82. The van der Waals surface area contributed by atoms with Crippen LogP contribution in [0.15, 0.2) is 11.6 Å². The number of ether oxygens (including phenoxy) is 2. The first-order valence-electron chi connectivity index (χ1n) is 5.55. The lowest BCUT2D eigenvalue weighted by Gasteiger charge is -2.24. The van der Waals surface area contributed by atoms with Crippen LogP contribution in [0, 0.1) is 5.92 Å². The van der Waals surface area contributed by atoms with Crippen molar-refractivity contribution in [1.82, 2.24) is 0 Å². The van der Waals surface area contributed by atoms with E-state index in [1.165, 1.54) is 12.5 Å². The van der Waals surface area contributed by atoms with Crippen molar-refractivity contribution in [3.8, 4) is 0 Å². The van der Waals surface area contributed by atoms with Crippen molar-refractivity contribution in [1.29, 1.82) is 0 Å². The molecule has 0 saturated carbocycles. The van der Waals surface area contributed by atoms with Gasteiger partial charge in [-0.05, 0) is 37.7 Å². The molecule has 1 saturated heterocycles. The molecule has 0 aromatic carbocycles. The van der Waals surface area contributed by atoms with E-state index in [0.29, 0.717) is 12.5 Å². The predicted octanol–water partition coefficient (Wildman–Crippen LogP) is 2.06. The quantitative estimate of drug-likeness (QED) is 0.406. The van der Waals surface area contributed by atoms with Crippen LogP contribution in [-0.4, -0.2) is 24.8 Å². The minimum atomic E-state index is -0.199. The maximum atomic E-state index is 10.7. The molecule has 0 amide bonds. The molecule has 0 aromatic heterocycles. The Hall–Kier alpha value is -0.830. The van der Waals surface area contributed by atoms with E-state index < -0.39 is 0 Å². The summed E-state index contributed by atoms with van der Waals surface area (Å²) in [5, 5.41) is 0. The maximum absolute atomic E-state index is 10.7. The molecule has 1 aliphatic heterocycles. The van der Waals surface area contributed by atoms with Gasteiger partial charge >= 0.3 is 5.97 Å². The summed E-state index contributed by atoms with van der Waals surface area (Å²) >= 11 is 0. The molecule has 0 spiro atoms. The molecule has 2 aliphatic rings. The van der Waals surface area contributed by atoms with Crippen LogP contribution in [0.4, 0.5) is 0 Å². The number of hydrogen-bond acceptors (Lipinski definition) is 3. The molecule has 0 aromatic rings. The van der Waals surface area contributed by atoms with Crippen LogP contribution in [0.1, 0.15) is 33.1 Å². The number of esters is 1. The van der Waals surface area contributed by atoms with Gasteiger partial charge in [-0.3, -0.25) is 4.79 Å². The van der Waals surface area contributed by atoms with Gasteiger partial charge in [0, 0.05) is 6.92 Å². The Morgan fingerprint density at radius 3 is 2.93 bits per heavy atom. The molecule has 0 bridgehead atoms. The van der Waals surface area contributed by atoms with Crippen LogP contribution >= 0.6 is 0 Å². The van der Waals surface area contributed by atoms with Crippen LogP contribution < -0.4 is 0 Å². The van der Waals surface area contributed by atoms with E-state index in [1.807, 2.05) is 0 Å². The third kappa shape index (κ3) is 2.59. The number of allylic oxidation sites excluding steroid dienone is 1. The Labute approximate surface area is 90.4 Å². The normalized spacial score (nSPS) is 34.5. The molecule has 3 heteroatoms. The summed E-state index contributed by atoms with van der Waals surface area (Å²) < 4.78 is 10.4.